The Hall–Kier alpha value is -1.69. The van der Waals surface area contributed by atoms with Gasteiger partial charge in [0.25, 0.3) is 5.89 Å². The molecule has 18 heavy (non-hydrogen) atoms. The van der Waals surface area contributed by atoms with Crippen LogP contribution in [-0.2, 0) is 4.74 Å². The number of aromatic nitrogens is 4. The van der Waals surface area contributed by atoms with Crippen LogP contribution in [0.2, 0.25) is 0 Å². The molecular weight excluding hydrogens is 232 g/mol. The second-order valence-corrected chi connectivity index (χ2v) is 4.84. The van der Waals surface area contributed by atoms with Gasteiger partial charge in [0, 0.05) is 24.8 Å². The summed E-state index contributed by atoms with van der Waals surface area (Å²) >= 11 is 0. The molecule has 1 N–H and O–H groups in total. The highest BCUT2D eigenvalue weighted by molar-refractivity contribution is 5.46. The van der Waals surface area contributed by atoms with Crippen LogP contribution in [0.15, 0.2) is 10.6 Å². The molecule has 0 aliphatic carbocycles. The highest BCUT2D eigenvalue weighted by Crippen LogP contribution is 2.30. The van der Waals surface area contributed by atoms with Gasteiger partial charge in [-0.3, -0.25) is 5.10 Å². The van der Waals surface area contributed by atoms with E-state index in [2.05, 4.69) is 27.3 Å². The first-order chi connectivity index (χ1) is 8.74. The van der Waals surface area contributed by atoms with Gasteiger partial charge in [-0.25, -0.2) is 0 Å². The van der Waals surface area contributed by atoms with Gasteiger partial charge >= 0.3 is 0 Å². The molecule has 2 unspecified atom stereocenters. The van der Waals surface area contributed by atoms with E-state index in [9.17, 15) is 0 Å². The first-order valence-electron chi connectivity index (χ1n) is 6.18. The molecule has 2 atom stereocenters. The van der Waals surface area contributed by atoms with E-state index in [0.29, 0.717) is 23.4 Å². The monoisotopic (exact) mass is 248 g/mol. The molecule has 1 aliphatic heterocycles. The third-order valence-corrected chi connectivity index (χ3v) is 3.34. The molecule has 1 fully saturated rings. The second-order valence-electron chi connectivity index (χ2n) is 4.84. The Morgan fingerprint density at radius 2 is 2.33 bits per heavy atom. The van der Waals surface area contributed by atoms with Crippen molar-refractivity contribution in [3.05, 3.63) is 17.6 Å². The molecule has 3 rings (SSSR count). The number of aromatic amines is 1. The van der Waals surface area contributed by atoms with Crippen LogP contribution < -0.4 is 0 Å². The number of hydrogen-bond donors (Lipinski definition) is 1. The lowest BCUT2D eigenvalue weighted by Gasteiger charge is -2.25. The van der Waals surface area contributed by atoms with Gasteiger partial charge in [0.15, 0.2) is 11.5 Å². The van der Waals surface area contributed by atoms with Crippen molar-refractivity contribution in [1.82, 2.24) is 20.3 Å². The molecule has 2 aromatic heterocycles. The first-order valence-corrected chi connectivity index (χ1v) is 6.18. The predicted molar refractivity (Wildman–Crippen MR) is 64.0 cm³/mol. The van der Waals surface area contributed by atoms with E-state index < -0.39 is 0 Å². The van der Waals surface area contributed by atoms with Gasteiger partial charge in [0.1, 0.15) is 0 Å². The van der Waals surface area contributed by atoms with Crippen LogP contribution in [0.1, 0.15) is 30.8 Å². The van der Waals surface area contributed by atoms with Gasteiger partial charge in [-0.1, -0.05) is 12.1 Å². The van der Waals surface area contributed by atoms with Gasteiger partial charge in [0.2, 0.25) is 0 Å². The Bertz CT molecular complexity index is 534. The summed E-state index contributed by atoms with van der Waals surface area (Å²) in [7, 11) is 0. The zero-order valence-corrected chi connectivity index (χ0v) is 10.5. The molecule has 0 radical (unpaired) electrons. The molecule has 3 heterocycles. The summed E-state index contributed by atoms with van der Waals surface area (Å²) < 4.78 is 10.7. The van der Waals surface area contributed by atoms with Crippen molar-refractivity contribution < 1.29 is 9.26 Å². The van der Waals surface area contributed by atoms with E-state index in [-0.39, 0.29) is 0 Å². The van der Waals surface area contributed by atoms with Gasteiger partial charge in [0.05, 0.1) is 0 Å². The summed E-state index contributed by atoms with van der Waals surface area (Å²) in [5.74, 6) is 1.98. The Morgan fingerprint density at radius 3 is 3.06 bits per heavy atom. The zero-order chi connectivity index (χ0) is 12.5. The standard InChI is InChI=1S/C12H16N4O2/c1-7-6-17-4-3-9(7)11-13-12(18-16-11)10-5-8(2)14-15-10/h5,7,9H,3-4,6H2,1-2H3,(H,14,15). The van der Waals surface area contributed by atoms with E-state index in [1.807, 2.05) is 13.0 Å². The average Bonchev–Trinajstić information content (AvgIpc) is 2.98. The van der Waals surface area contributed by atoms with Crippen LogP contribution in [0.3, 0.4) is 0 Å². The van der Waals surface area contributed by atoms with Crippen LogP contribution in [0.5, 0.6) is 0 Å². The predicted octanol–water partition coefficient (Wildman–Crippen LogP) is 1.91. The lowest BCUT2D eigenvalue weighted by atomic mass is 9.89. The number of nitrogens with one attached hydrogen (secondary N) is 1. The van der Waals surface area contributed by atoms with Gasteiger partial charge in [-0.2, -0.15) is 10.1 Å². The number of H-pyrrole nitrogens is 1. The Morgan fingerprint density at radius 1 is 1.44 bits per heavy atom. The summed E-state index contributed by atoms with van der Waals surface area (Å²) in [5, 5.41) is 11.1. The van der Waals surface area contributed by atoms with Gasteiger partial charge < -0.3 is 9.26 Å². The average molecular weight is 248 g/mol. The highest BCUT2D eigenvalue weighted by atomic mass is 16.5. The molecule has 0 bridgehead atoms. The third-order valence-electron chi connectivity index (χ3n) is 3.34. The summed E-state index contributed by atoms with van der Waals surface area (Å²) in [6.45, 7) is 5.61. The minimum atomic E-state index is 0.316. The smallest absolute Gasteiger partial charge is 0.278 e. The summed E-state index contributed by atoms with van der Waals surface area (Å²) in [6, 6.07) is 1.89. The summed E-state index contributed by atoms with van der Waals surface area (Å²) in [5.41, 5.74) is 1.68. The van der Waals surface area contributed by atoms with Crippen molar-refractivity contribution in [1.29, 1.82) is 0 Å². The number of ether oxygens (including phenoxy) is 1. The van der Waals surface area contributed by atoms with E-state index in [4.69, 9.17) is 9.26 Å². The maximum absolute atomic E-state index is 5.42. The largest absolute Gasteiger partial charge is 0.381 e. The van der Waals surface area contributed by atoms with Gasteiger partial charge in [-0.05, 0) is 25.3 Å². The summed E-state index contributed by atoms with van der Waals surface area (Å²) in [4.78, 5) is 4.45. The molecule has 0 amide bonds. The van der Waals surface area contributed by atoms with Crippen LogP contribution in [0.4, 0.5) is 0 Å². The fourth-order valence-electron chi connectivity index (χ4n) is 2.28. The lowest BCUT2D eigenvalue weighted by molar-refractivity contribution is 0.0447. The second kappa shape index (κ2) is 4.53. The van der Waals surface area contributed by atoms with Crippen molar-refractivity contribution >= 4 is 0 Å². The van der Waals surface area contributed by atoms with Gasteiger partial charge in [-0.15, -0.1) is 0 Å². The molecule has 0 spiro atoms. The highest BCUT2D eigenvalue weighted by Gasteiger charge is 2.28. The Kier molecular flexibility index (Phi) is 2.87. The van der Waals surface area contributed by atoms with Crippen molar-refractivity contribution in [3.63, 3.8) is 0 Å². The topological polar surface area (TPSA) is 76.8 Å². The van der Waals surface area contributed by atoms with E-state index in [0.717, 1.165) is 31.2 Å². The molecule has 1 saturated heterocycles. The molecular formula is C12H16N4O2. The SMILES string of the molecule is Cc1cc(-c2nc(C3CCOCC3C)no2)n[nH]1. The number of hydrogen-bond acceptors (Lipinski definition) is 5. The molecule has 0 aromatic carbocycles. The number of aryl methyl sites for hydroxylation is 1. The molecule has 0 saturated carbocycles. The van der Waals surface area contributed by atoms with Crippen molar-refractivity contribution in [3.8, 4) is 11.6 Å². The van der Waals surface area contributed by atoms with Crippen LogP contribution in [0, 0.1) is 12.8 Å². The maximum Gasteiger partial charge on any atom is 0.278 e. The van der Waals surface area contributed by atoms with Crippen molar-refractivity contribution in [2.75, 3.05) is 13.2 Å². The molecule has 96 valence electrons. The first kappa shape index (κ1) is 11.4. The molecule has 6 nitrogen and oxygen atoms in total. The number of rotatable bonds is 2. The zero-order valence-electron chi connectivity index (χ0n) is 10.5. The van der Waals surface area contributed by atoms with E-state index in [1.165, 1.54) is 0 Å². The minimum Gasteiger partial charge on any atom is -0.381 e. The molecule has 1 aliphatic rings. The van der Waals surface area contributed by atoms with E-state index >= 15 is 0 Å². The van der Waals surface area contributed by atoms with Crippen LogP contribution in [-0.4, -0.2) is 33.6 Å². The van der Waals surface area contributed by atoms with Crippen LogP contribution >= 0.6 is 0 Å². The fourth-order valence-corrected chi connectivity index (χ4v) is 2.28. The van der Waals surface area contributed by atoms with Crippen LogP contribution in [0.25, 0.3) is 11.6 Å². The Balaban J connectivity index is 1.84. The summed E-state index contributed by atoms with van der Waals surface area (Å²) in [6.07, 6.45) is 0.944. The number of nitrogens with zero attached hydrogens (tertiary/aromatic N) is 3. The third kappa shape index (κ3) is 2.03. The Labute approximate surface area is 105 Å². The normalized spacial score (nSPS) is 24.3. The van der Waals surface area contributed by atoms with Crippen molar-refractivity contribution in [2.24, 2.45) is 5.92 Å². The molecule has 6 heteroatoms. The minimum absolute atomic E-state index is 0.316. The maximum atomic E-state index is 5.42. The fraction of sp³-hybridized carbons (Fsp3) is 0.583. The molecule has 2 aromatic rings. The van der Waals surface area contributed by atoms with E-state index in [1.54, 1.807) is 0 Å². The quantitative estimate of drug-likeness (QED) is 0.878. The van der Waals surface area contributed by atoms with Crippen molar-refractivity contribution in [2.45, 2.75) is 26.2 Å². The lowest BCUT2D eigenvalue weighted by Crippen LogP contribution is -2.24.